The molecular weight excluding hydrogens is 352 g/mol. The van der Waals surface area contributed by atoms with Crippen molar-refractivity contribution in [1.82, 2.24) is 0 Å². The van der Waals surface area contributed by atoms with E-state index in [0.29, 0.717) is 24.2 Å². The third kappa shape index (κ3) is 4.27. The van der Waals surface area contributed by atoms with Gasteiger partial charge in [-0.2, -0.15) is 8.42 Å². The number of carbonyl (C=O) groups is 1. The topological polar surface area (TPSA) is 69.7 Å². The minimum atomic E-state index is -4.12. The summed E-state index contributed by atoms with van der Waals surface area (Å²) < 4.78 is 35.0. The molecule has 0 saturated carbocycles. The Morgan fingerprint density at radius 2 is 1.79 bits per heavy atom. The average molecular weight is 369 g/mol. The highest BCUT2D eigenvalue weighted by Crippen LogP contribution is 2.28. The number of benzene rings is 2. The largest absolute Gasteiger partial charge is 0.497 e. The van der Waals surface area contributed by atoms with Crippen LogP contribution in [0.15, 0.2) is 47.4 Å². The van der Waals surface area contributed by atoms with Crippen LogP contribution in [0, 0.1) is 0 Å². The Kier molecular flexibility index (Phi) is 5.85. The Balaban J connectivity index is 2.40. The van der Waals surface area contributed by atoms with Crippen molar-refractivity contribution in [3.8, 4) is 11.5 Å². The third-order valence-electron chi connectivity index (χ3n) is 3.23. The molecule has 0 spiro atoms. The van der Waals surface area contributed by atoms with Crippen molar-refractivity contribution in [3.05, 3.63) is 53.1 Å². The Hall–Kier alpha value is -2.05. The van der Waals surface area contributed by atoms with E-state index in [2.05, 4.69) is 0 Å². The molecule has 0 bridgehead atoms. The van der Waals surface area contributed by atoms with Crippen LogP contribution >= 0.6 is 11.6 Å². The van der Waals surface area contributed by atoms with Crippen molar-refractivity contribution in [2.75, 3.05) is 7.11 Å². The second kappa shape index (κ2) is 7.68. The molecule has 0 atom stereocenters. The van der Waals surface area contributed by atoms with Crippen molar-refractivity contribution in [3.63, 3.8) is 0 Å². The SMILES string of the molecule is CCCC(=O)c1cc(OC)cc(OS(=O)(=O)c2ccccc2Cl)c1. The molecule has 0 N–H and O–H groups in total. The first kappa shape index (κ1) is 18.3. The van der Waals surface area contributed by atoms with Crippen LogP contribution in [0.5, 0.6) is 11.5 Å². The van der Waals surface area contributed by atoms with Crippen LogP contribution in [0.25, 0.3) is 0 Å². The summed E-state index contributed by atoms with van der Waals surface area (Å²) in [7, 11) is -2.70. The molecule has 0 aliphatic rings. The van der Waals surface area contributed by atoms with Gasteiger partial charge in [-0.1, -0.05) is 30.7 Å². The fourth-order valence-corrected chi connectivity index (χ4v) is 3.50. The average Bonchev–Trinajstić information content (AvgIpc) is 2.54. The molecule has 0 unspecified atom stereocenters. The molecule has 7 heteroatoms. The van der Waals surface area contributed by atoms with E-state index in [9.17, 15) is 13.2 Å². The highest BCUT2D eigenvalue weighted by Gasteiger charge is 2.21. The number of hydrogen-bond donors (Lipinski definition) is 0. The van der Waals surface area contributed by atoms with Gasteiger partial charge in [-0.15, -0.1) is 0 Å². The molecule has 0 amide bonds. The van der Waals surface area contributed by atoms with Crippen molar-refractivity contribution >= 4 is 27.5 Å². The maximum Gasteiger partial charge on any atom is 0.340 e. The van der Waals surface area contributed by atoms with E-state index in [0.717, 1.165) is 0 Å². The Labute approximate surface area is 146 Å². The van der Waals surface area contributed by atoms with Crippen molar-refractivity contribution < 1.29 is 22.1 Å². The summed E-state index contributed by atoms with van der Waals surface area (Å²) in [5, 5.41) is 0.0580. The van der Waals surface area contributed by atoms with Crippen molar-refractivity contribution in [1.29, 1.82) is 0 Å². The lowest BCUT2D eigenvalue weighted by Gasteiger charge is -2.11. The van der Waals surface area contributed by atoms with Gasteiger partial charge < -0.3 is 8.92 Å². The first-order chi connectivity index (χ1) is 11.4. The van der Waals surface area contributed by atoms with Crippen LogP contribution < -0.4 is 8.92 Å². The lowest BCUT2D eigenvalue weighted by molar-refractivity contribution is 0.0981. The fraction of sp³-hybridized carbons (Fsp3) is 0.235. The molecule has 24 heavy (non-hydrogen) atoms. The molecule has 0 fully saturated rings. The van der Waals surface area contributed by atoms with E-state index in [-0.39, 0.29) is 21.5 Å². The molecule has 2 aromatic rings. The summed E-state index contributed by atoms with van der Waals surface area (Å²) >= 11 is 5.92. The van der Waals surface area contributed by atoms with Crippen LogP contribution in [0.1, 0.15) is 30.1 Å². The molecule has 0 aliphatic carbocycles. The van der Waals surface area contributed by atoms with E-state index in [1.54, 1.807) is 18.2 Å². The number of methoxy groups -OCH3 is 1. The van der Waals surface area contributed by atoms with Crippen LogP contribution in [-0.2, 0) is 10.1 Å². The van der Waals surface area contributed by atoms with E-state index >= 15 is 0 Å². The van der Waals surface area contributed by atoms with Gasteiger partial charge in [-0.3, -0.25) is 4.79 Å². The van der Waals surface area contributed by atoms with Crippen LogP contribution in [0.4, 0.5) is 0 Å². The van der Waals surface area contributed by atoms with Gasteiger partial charge in [-0.05, 0) is 30.7 Å². The van der Waals surface area contributed by atoms with Gasteiger partial charge in [0.15, 0.2) is 5.78 Å². The predicted molar refractivity (Wildman–Crippen MR) is 91.5 cm³/mol. The second-order valence-electron chi connectivity index (χ2n) is 5.04. The Morgan fingerprint density at radius 1 is 1.12 bits per heavy atom. The van der Waals surface area contributed by atoms with E-state index in [4.69, 9.17) is 20.5 Å². The Bertz CT molecular complexity index is 846. The summed E-state index contributed by atoms with van der Waals surface area (Å²) in [6.07, 6.45) is 1.04. The zero-order chi connectivity index (χ0) is 17.7. The summed E-state index contributed by atoms with van der Waals surface area (Å²) in [6, 6.07) is 10.3. The molecule has 0 radical (unpaired) electrons. The van der Waals surface area contributed by atoms with Gasteiger partial charge >= 0.3 is 10.1 Å². The third-order valence-corrected chi connectivity index (χ3v) is 4.97. The van der Waals surface area contributed by atoms with Gasteiger partial charge in [0.1, 0.15) is 16.4 Å². The molecule has 128 valence electrons. The van der Waals surface area contributed by atoms with Gasteiger partial charge in [0.25, 0.3) is 0 Å². The molecule has 5 nitrogen and oxygen atoms in total. The summed E-state index contributed by atoms with van der Waals surface area (Å²) in [5.74, 6) is 0.214. The zero-order valence-electron chi connectivity index (χ0n) is 13.3. The number of ketones is 1. The minimum Gasteiger partial charge on any atom is -0.497 e. The summed E-state index contributed by atoms with van der Waals surface area (Å²) in [6.45, 7) is 1.89. The summed E-state index contributed by atoms with van der Waals surface area (Å²) in [5.41, 5.74) is 0.334. The minimum absolute atomic E-state index is 0.00581. The molecule has 0 saturated heterocycles. The highest BCUT2D eigenvalue weighted by molar-refractivity contribution is 7.87. The number of rotatable bonds is 7. The second-order valence-corrected chi connectivity index (χ2v) is 6.96. The van der Waals surface area contributed by atoms with Crippen molar-refractivity contribution in [2.45, 2.75) is 24.7 Å². The van der Waals surface area contributed by atoms with Gasteiger partial charge in [0.2, 0.25) is 0 Å². The number of carbonyl (C=O) groups excluding carboxylic acids is 1. The van der Waals surface area contributed by atoms with Gasteiger partial charge in [-0.25, -0.2) is 0 Å². The van der Waals surface area contributed by atoms with Gasteiger partial charge in [0, 0.05) is 18.1 Å². The smallest absolute Gasteiger partial charge is 0.340 e. The van der Waals surface area contributed by atoms with Crippen molar-refractivity contribution in [2.24, 2.45) is 0 Å². The number of hydrogen-bond acceptors (Lipinski definition) is 5. The van der Waals surface area contributed by atoms with Crippen LogP contribution in [0.2, 0.25) is 5.02 Å². The quantitative estimate of drug-likeness (QED) is 0.543. The monoisotopic (exact) mass is 368 g/mol. The maximum atomic E-state index is 12.4. The number of ether oxygens (including phenoxy) is 1. The molecule has 0 aliphatic heterocycles. The molecular formula is C17H17ClO5S. The standard InChI is InChI=1S/C17H17ClO5S/c1-3-6-16(19)12-9-13(22-2)11-14(10-12)23-24(20,21)17-8-5-4-7-15(17)18/h4-5,7-11H,3,6H2,1-2H3. The summed E-state index contributed by atoms with van der Waals surface area (Å²) in [4.78, 5) is 11.9. The molecule has 2 rings (SSSR count). The normalized spacial score (nSPS) is 11.1. The zero-order valence-corrected chi connectivity index (χ0v) is 14.9. The lowest BCUT2D eigenvalue weighted by atomic mass is 10.1. The van der Waals surface area contributed by atoms with Crippen LogP contribution in [-0.4, -0.2) is 21.3 Å². The first-order valence-corrected chi connectivity index (χ1v) is 9.07. The molecule has 0 aromatic heterocycles. The molecule has 2 aromatic carbocycles. The number of halogens is 1. The fourth-order valence-electron chi connectivity index (χ4n) is 2.09. The lowest BCUT2D eigenvalue weighted by Crippen LogP contribution is -2.11. The van der Waals surface area contributed by atoms with Gasteiger partial charge in [0.05, 0.1) is 12.1 Å². The van der Waals surface area contributed by atoms with Crippen LogP contribution in [0.3, 0.4) is 0 Å². The Morgan fingerprint density at radius 3 is 2.42 bits per heavy atom. The first-order valence-electron chi connectivity index (χ1n) is 7.28. The van der Waals surface area contributed by atoms with E-state index in [1.807, 2.05) is 6.92 Å². The molecule has 0 heterocycles. The predicted octanol–water partition coefficient (Wildman–Crippen LogP) is 4.10. The maximum absolute atomic E-state index is 12.4. The van der Waals surface area contributed by atoms with E-state index < -0.39 is 10.1 Å². The number of Topliss-reactive ketones (excluding diaryl/α,β-unsaturated/α-hetero) is 1. The van der Waals surface area contributed by atoms with E-state index in [1.165, 1.54) is 31.4 Å². The highest BCUT2D eigenvalue weighted by atomic mass is 35.5.